The molecule has 0 spiro atoms. The van der Waals surface area contributed by atoms with Crippen LogP contribution in [0.2, 0.25) is 5.02 Å². The van der Waals surface area contributed by atoms with Crippen LogP contribution in [0.5, 0.6) is 0 Å². The van der Waals surface area contributed by atoms with E-state index in [1.807, 2.05) is 0 Å². The molecule has 1 aromatic rings. The minimum Gasteiger partial charge on any atom is -0.480 e. The Hall–Kier alpha value is -1.08. The molecule has 0 aliphatic carbocycles. The normalized spacial score (nSPS) is 14.2. The SMILES string of the molecule is C[C@@](N)(Cc1ccc(B(O)O)c(Cl)c1)C(=O)O. The van der Waals surface area contributed by atoms with Gasteiger partial charge in [-0.1, -0.05) is 23.7 Å². The van der Waals surface area contributed by atoms with Gasteiger partial charge in [-0.25, -0.2) is 0 Å². The van der Waals surface area contributed by atoms with E-state index in [2.05, 4.69) is 0 Å². The van der Waals surface area contributed by atoms with Crippen molar-refractivity contribution in [3.8, 4) is 0 Å². The van der Waals surface area contributed by atoms with Crippen molar-refractivity contribution in [3.05, 3.63) is 28.8 Å². The summed E-state index contributed by atoms with van der Waals surface area (Å²) in [7, 11) is -1.65. The molecule has 0 fully saturated rings. The molecule has 0 unspecified atom stereocenters. The minimum absolute atomic E-state index is 0.101. The summed E-state index contributed by atoms with van der Waals surface area (Å²) in [4.78, 5) is 10.8. The lowest BCUT2D eigenvalue weighted by Crippen LogP contribution is -2.46. The van der Waals surface area contributed by atoms with Crippen LogP contribution in [-0.2, 0) is 11.2 Å². The van der Waals surface area contributed by atoms with Gasteiger partial charge in [0, 0.05) is 16.9 Å². The van der Waals surface area contributed by atoms with Gasteiger partial charge in [0.1, 0.15) is 5.54 Å². The number of carboxylic acids is 1. The number of carbonyl (C=O) groups is 1. The fraction of sp³-hybridized carbons (Fsp3) is 0.300. The smallest absolute Gasteiger partial charge is 0.480 e. The number of hydrogen-bond acceptors (Lipinski definition) is 4. The number of hydrogen-bond donors (Lipinski definition) is 4. The molecule has 0 saturated carbocycles. The highest BCUT2D eigenvalue weighted by Gasteiger charge is 2.28. The predicted molar refractivity (Wildman–Crippen MR) is 65.2 cm³/mol. The number of rotatable bonds is 4. The van der Waals surface area contributed by atoms with Crippen molar-refractivity contribution in [3.63, 3.8) is 0 Å². The minimum atomic E-state index is -1.65. The van der Waals surface area contributed by atoms with Crippen LogP contribution in [0.1, 0.15) is 12.5 Å². The lowest BCUT2D eigenvalue weighted by Gasteiger charge is -2.19. The van der Waals surface area contributed by atoms with E-state index in [9.17, 15) is 4.79 Å². The average molecular weight is 257 g/mol. The fourth-order valence-corrected chi connectivity index (χ4v) is 1.69. The van der Waals surface area contributed by atoms with Crippen LogP contribution in [0.25, 0.3) is 0 Å². The van der Waals surface area contributed by atoms with Gasteiger partial charge in [-0.15, -0.1) is 0 Å². The highest BCUT2D eigenvalue weighted by Crippen LogP contribution is 2.15. The molecule has 0 aromatic heterocycles. The Kier molecular flexibility index (Phi) is 4.16. The zero-order chi connectivity index (χ0) is 13.2. The molecule has 7 heteroatoms. The molecule has 0 bridgehead atoms. The van der Waals surface area contributed by atoms with E-state index in [-0.39, 0.29) is 16.9 Å². The van der Waals surface area contributed by atoms with Crippen molar-refractivity contribution in [2.24, 2.45) is 5.73 Å². The van der Waals surface area contributed by atoms with E-state index in [1.54, 1.807) is 6.07 Å². The zero-order valence-corrected chi connectivity index (χ0v) is 9.98. The van der Waals surface area contributed by atoms with Crippen LogP contribution >= 0.6 is 11.6 Å². The van der Waals surface area contributed by atoms with Crippen molar-refractivity contribution in [2.75, 3.05) is 0 Å². The molecule has 0 saturated heterocycles. The third-order valence-corrected chi connectivity index (χ3v) is 2.73. The molecule has 0 aliphatic rings. The summed E-state index contributed by atoms with van der Waals surface area (Å²) in [6, 6.07) is 4.47. The largest absolute Gasteiger partial charge is 0.489 e. The quantitative estimate of drug-likeness (QED) is 0.538. The van der Waals surface area contributed by atoms with E-state index < -0.39 is 18.6 Å². The second-order valence-corrected chi connectivity index (χ2v) is 4.54. The van der Waals surface area contributed by atoms with Crippen LogP contribution in [-0.4, -0.2) is 33.8 Å². The molecule has 5 nitrogen and oxygen atoms in total. The summed E-state index contributed by atoms with van der Waals surface area (Å²) >= 11 is 5.82. The molecular weight excluding hydrogens is 244 g/mol. The third-order valence-electron chi connectivity index (χ3n) is 2.40. The van der Waals surface area contributed by atoms with Gasteiger partial charge < -0.3 is 20.9 Å². The molecule has 92 valence electrons. The van der Waals surface area contributed by atoms with Crippen molar-refractivity contribution >= 4 is 30.2 Å². The summed E-state index contributed by atoms with van der Waals surface area (Å²) in [5.74, 6) is -1.11. The molecule has 1 rings (SSSR count). The van der Waals surface area contributed by atoms with Gasteiger partial charge in [-0.3, -0.25) is 4.79 Å². The maximum atomic E-state index is 10.8. The summed E-state index contributed by atoms with van der Waals surface area (Å²) in [6.07, 6.45) is 0.101. The van der Waals surface area contributed by atoms with E-state index >= 15 is 0 Å². The number of halogens is 1. The van der Waals surface area contributed by atoms with Gasteiger partial charge >= 0.3 is 13.1 Å². The Bertz CT molecular complexity index is 436. The lowest BCUT2D eigenvalue weighted by atomic mass is 9.79. The fourth-order valence-electron chi connectivity index (χ4n) is 1.39. The van der Waals surface area contributed by atoms with Crippen LogP contribution < -0.4 is 11.2 Å². The first-order valence-corrected chi connectivity index (χ1v) is 5.28. The van der Waals surface area contributed by atoms with Crippen molar-refractivity contribution < 1.29 is 19.9 Å². The van der Waals surface area contributed by atoms with Crippen LogP contribution in [0.15, 0.2) is 18.2 Å². The molecule has 0 radical (unpaired) electrons. The lowest BCUT2D eigenvalue weighted by molar-refractivity contribution is -0.142. The first kappa shape index (κ1) is 14.0. The number of carboxylic acid groups (broad SMARTS) is 1. The van der Waals surface area contributed by atoms with Gasteiger partial charge in [0.2, 0.25) is 0 Å². The van der Waals surface area contributed by atoms with Gasteiger partial charge in [0.05, 0.1) is 0 Å². The van der Waals surface area contributed by atoms with Crippen LogP contribution in [0, 0.1) is 0 Å². The van der Waals surface area contributed by atoms with Gasteiger partial charge in [-0.2, -0.15) is 0 Å². The highest BCUT2D eigenvalue weighted by molar-refractivity contribution is 6.62. The second kappa shape index (κ2) is 5.06. The van der Waals surface area contributed by atoms with Crippen molar-refractivity contribution in [2.45, 2.75) is 18.9 Å². The molecule has 0 aliphatic heterocycles. The molecule has 1 atom stereocenters. The van der Waals surface area contributed by atoms with E-state index in [1.165, 1.54) is 19.1 Å². The first-order valence-electron chi connectivity index (χ1n) is 4.91. The second-order valence-electron chi connectivity index (χ2n) is 4.13. The standard InChI is InChI=1S/C10H13BClNO4/c1-10(13,9(14)15)5-6-2-3-7(11(16)17)8(12)4-6/h2-4,16-17H,5,13H2,1H3,(H,14,15)/t10-/m1/s1. The summed E-state index contributed by atoms with van der Waals surface area (Å²) in [5.41, 5.74) is 5.00. The Morgan fingerprint density at radius 1 is 1.53 bits per heavy atom. The summed E-state index contributed by atoms with van der Waals surface area (Å²) < 4.78 is 0. The third kappa shape index (κ3) is 3.44. The molecular formula is C10H13BClNO4. The molecule has 17 heavy (non-hydrogen) atoms. The number of nitrogens with two attached hydrogens (primary N) is 1. The Labute approximate surface area is 104 Å². The summed E-state index contributed by atoms with van der Waals surface area (Å²) in [6.45, 7) is 1.40. The Morgan fingerprint density at radius 3 is 2.53 bits per heavy atom. The predicted octanol–water partition coefficient (Wildman–Crippen LogP) is -0.636. The monoisotopic (exact) mass is 257 g/mol. The van der Waals surface area contributed by atoms with Crippen LogP contribution in [0.3, 0.4) is 0 Å². The van der Waals surface area contributed by atoms with Gasteiger partial charge in [0.15, 0.2) is 0 Å². The maximum absolute atomic E-state index is 10.8. The van der Waals surface area contributed by atoms with Crippen molar-refractivity contribution in [1.82, 2.24) is 0 Å². The van der Waals surface area contributed by atoms with E-state index in [0.29, 0.717) is 5.56 Å². The van der Waals surface area contributed by atoms with Crippen LogP contribution in [0.4, 0.5) is 0 Å². The van der Waals surface area contributed by atoms with E-state index in [4.69, 9.17) is 32.5 Å². The van der Waals surface area contributed by atoms with Gasteiger partial charge in [0.25, 0.3) is 0 Å². The topological polar surface area (TPSA) is 104 Å². The van der Waals surface area contributed by atoms with E-state index in [0.717, 1.165) is 0 Å². The Balaban J connectivity index is 2.96. The molecule has 5 N–H and O–H groups in total. The Morgan fingerprint density at radius 2 is 2.12 bits per heavy atom. The zero-order valence-electron chi connectivity index (χ0n) is 9.22. The average Bonchev–Trinajstić information content (AvgIpc) is 2.15. The maximum Gasteiger partial charge on any atom is 0.489 e. The first-order chi connectivity index (χ1) is 7.74. The number of aliphatic carboxylic acids is 1. The molecule has 0 amide bonds. The number of benzene rings is 1. The molecule has 1 aromatic carbocycles. The summed E-state index contributed by atoms with van der Waals surface area (Å²) in [5, 5.41) is 27.0. The van der Waals surface area contributed by atoms with Crippen molar-refractivity contribution in [1.29, 1.82) is 0 Å². The van der Waals surface area contributed by atoms with Gasteiger partial charge in [-0.05, 0) is 18.6 Å². The molecule has 0 heterocycles. The highest BCUT2D eigenvalue weighted by atomic mass is 35.5.